The summed E-state index contributed by atoms with van der Waals surface area (Å²) in [5.74, 6) is 1.47. The summed E-state index contributed by atoms with van der Waals surface area (Å²) in [7, 11) is 0. The Morgan fingerprint density at radius 3 is 2.69 bits per heavy atom. The Bertz CT molecular complexity index is 288. The molecule has 0 spiro atoms. The molecule has 1 N–H and O–H groups in total. The molecule has 16 heavy (non-hydrogen) atoms. The molecule has 0 aromatic heterocycles. The molecule has 2 fully saturated rings. The van der Waals surface area contributed by atoms with Gasteiger partial charge in [-0.05, 0) is 42.3 Å². The van der Waals surface area contributed by atoms with E-state index in [-0.39, 0.29) is 5.92 Å². The van der Waals surface area contributed by atoms with Gasteiger partial charge in [0.2, 0.25) is 0 Å². The molecule has 1 aliphatic heterocycles. The van der Waals surface area contributed by atoms with Crippen LogP contribution in [0.5, 0.6) is 0 Å². The summed E-state index contributed by atoms with van der Waals surface area (Å²) in [5, 5.41) is 9.97. The minimum Gasteiger partial charge on any atom is -0.481 e. The van der Waals surface area contributed by atoms with Crippen LogP contribution in [0.3, 0.4) is 0 Å². The predicted molar refractivity (Wildman–Crippen MR) is 67.7 cm³/mol. The van der Waals surface area contributed by atoms with E-state index < -0.39 is 5.97 Å². The molecule has 0 aromatic carbocycles. The van der Waals surface area contributed by atoms with Crippen molar-refractivity contribution >= 4 is 17.7 Å². The predicted octanol–water partition coefficient (Wildman–Crippen LogP) is 3.27. The third kappa shape index (κ3) is 1.99. The van der Waals surface area contributed by atoms with Crippen LogP contribution >= 0.6 is 11.8 Å². The zero-order valence-corrected chi connectivity index (χ0v) is 11.2. The van der Waals surface area contributed by atoms with Gasteiger partial charge in [-0.1, -0.05) is 20.8 Å². The van der Waals surface area contributed by atoms with Gasteiger partial charge in [-0.3, -0.25) is 4.79 Å². The molecule has 0 aromatic rings. The Hall–Kier alpha value is -0.180. The molecular weight excluding hydrogens is 220 g/mol. The van der Waals surface area contributed by atoms with Crippen molar-refractivity contribution in [1.29, 1.82) is 0 Å². The highest BCUT2D eigenvalue weighted by molar-refractivity contribution is 7.99. The van der Waals surface area contributed by atoms with Gasteiger partial charge in [0.05, 0.1) is 5.92 Å². The fourth-order valence-corrected chi connectivity index (χ4v) is 5.84. The summed E-state index contributed by atoms with van der Waals surface area (Å²) in [4.78, 5) is 11.2. The number of carboxylic acid groups (broad SMARTS) is 1. The topological polar surface area (TPSA) is 37.3 Å². The second kappa shape index (κ2) is 4.25. The maximum absolute atomic E-state index is 11.2. The summed E-state index contributed by atoms with van der Waals surface area (Å²) >= 11 is 2.07. The first-order valence-corrected chi connectivity index (χ1v) is 7.33. The molecule has 1 heterocycles. The first-order valence-electron chi connectivity index (χ1n) is 6.28. The smallest absolute Gasteiger partial charge is 0.306 e. The van der Waals surface area contributed by atoms with Gasteiger partial charge in [-0.2, -0.15) is 11.8 Å². The summed E-state index contributed by atoms with van der Waals surface area (Å²) in [6.45, 7) is 6.81. The minimum atomic E-state index is -0.586. The monoisotopic (exact) mass is 242 g/mol. The Balaban J connectivity index is 2.22. The van der Waals surface area contributed by atoms with Crippen LogP contribution in [0.15, 0.2) is 0 Å². The fourth-order valence-electron chi connectivity index (χ4n) is 3.77. The van der Waals surface area contributed by atoms with E-state index in [1.807, 2.05) is 0 Å². The van der Waals surface area contributed by atoms with E-state index in [0.717, 1.165) is 12.8 Å². The number of thioether (sulfide) groups is 1. The third-order valence-electron chi connectivity index (χ3n) is 4.66. The van der Waals surface area contributed by atoms with E-state index in [2.05, 4.69) is 32.5 Å². The van der Waals surface area contributed by atoms with Crippen LogP contribution in [0.25, 0.3) is 0 Å². The highest BCUT2D eigenvalue weighted by Gasteiger charge is 2.48. The SMILES string of the molecule is CC1C(C(=O)O)CCC2SCCC(C)(C)C21. The second-order valence-corrected chi connectivity index (χ2v) is 7.40. The van der Waals surface area contributed by atoms with Gasteiger partial charge in [-0.15, -0.1) is 0 Å². The van der Waals surface area contributed by atoms with Gasteiger partial charge in [0.1, 0.15) is 0 Å². The third-order valence-corrected chi connectivity index (χ3v) is 6.06. The largest absolute Gasteiger partial charge is 0.481 e. The van der Waals surface area contributed by atoms with Crippen molar-refractivity contribution < 1.29 is 9.90 Å². The molecule has 2 nitrogen and oxygen atoms in total. The summed E-state index contributed by atoms with van der Waals surface area (Å²) < 4.78 is 0. The first-order chi connectivity index (χ1) is 7.43. The lowest BCUT2D eigenvalue weighted by atomic mass is 9.61. The van der Waals surface area contributed by atoms with Crippen molar-refractivity contribution in [3.8, 4) is 0 Å². The molecule has 92 valence electrons. The van der Waals surface area contributed by atoms with E-state index in [0.29, 0.717) is 22.5 Å². The molecule has 2 rings (SSSR count). The van der Waals surface area contributed by atoms with E-state index in [1.54, 1.807) is 0 Å². The minimum absolute atomic E-state index is 0.112. The molecule has 2 aliphatic rings. The summed E-state index contributed by atoms with van der Waals surface area (Å²) in [6, 6.07) is 0. The number of carbonyl (C=O) groups is 1. The van der Waals surface area contributed by atoms with Gasteiger partial charge in [0.25, 0.3) is 0 Å². The van der Waals surface area contributed by atoms with E-state index in [4.69, 9.17) is 0 Å². The maximum Gasteiger partial charge on any atom is 0.306 e. The zero-order valence-electron chi connectivity index (χ0n) is 10.4. The standard InChI is InChI=1S/C13H22O2S/c1-8-9(12(14)15)4-5-10-11(8)13(2,3)6-7-16-10/h8-11H,4-7H2,1-3H3,(H,14,15). The average Bonchev–Trinajstić information content (AvgIpc) is 2.15. The fraction of sp³-hybridized carbons (Fsp3) is 0.923. The Kier molecular flexibility index (Phi) is 3.26. The number of carboxylic acids is 1. The van der Waals surface area contributed by atoms with Crippen LogP contribution in [0, 0.1) is 23.2 Å². The normalized spacial score (nSPS) is 42.4. The number of fused-ring (bicyclic) bond motifs is 1. The average molecular weight is 242 g/mol. The molecule has 1 saturated carbocycles. The lowest BCUT2D eigenvalue weighted by Gasteiger charge is -2.51. The molecule has 1 aliphatic carbocycles. The van der Waals surface area contributed by atoms with E-state index in [1.165, 1.54) is 12.2 Å². The molecule has 3 heteroatoms. The Morgan fingerprint density at radius 2 is 2.06 bits per heavy atom. The summed E-state index contributed by atoms with van der Waals surface area (Å²) in [6.07, 6.45) is 3.20. The number of hydrogen-bond donors (Lipinski definition) is 1. The Morgan fingerprint density at radius 1 is 1.38 bits per heavy atom. The van der Waals surface area contributed by atoms with Crippen LogP contribution in [0.1, 0.15) is 40.0 Å². The van der Waals surface area contributed by atoms with Gasteiger partial charge < -0.3 is 5.11 Å². The summed E-state index contributed by atoms with van der Waals surface area (Å²) in [5.41, 5.74) is 0.323. The van der Waals surface area contributed by atoms with Crippen molar-refractivity contribution in [3.63, 3.8) is 0 Å². The highest BCUT2D eigenvalue weighted by Crippen LogP contribution is 2.53. The van der Waals surface area contributed by atoms with Crippen LogP contribution in [0.4, 0.5) is 0 Å². The molecule has 0 radical (unpaired) electrons. The van der Waals surface area contributed by atoms with Gasteiger partial charge in [0.15, 0.2) is 0 Å². The Labute approximate surface area is 102 Å². The lowest BCUT2D eigenvalue weighted by Crippen LogP contribution is -2.48. The van der Waals surface area contributed by atoms with Gasteiger partial charge in [0, 0.05) is 5.25 Å². The van der Waals surface area contributed by atoms with E-state index >= 15 is 0 Å². The number of aliphatic carboxylic acids is 1. The number of rotatable bonds is 1. The van der Waals surface area contributed by atoms with Crippen molar-refractivity contribution in [1.82, 2.24) is 0 Å². The molecule has 1 saturated heterocycles. The number of hydrogen-bond acceptors (Lipinski definition) is 2. The molecular formula is C13H22O2S. The van der Waals surface area contributed by atoms with Gasteiger partial charge in [-0.25, -0.2) is 0 Å². The van der Waals surface area contributed by atoms with Crippen molar-refractivity contribution in [2.75, 3.05) is 5.75 Å². The zero-order chi connectivity index (χ0) is 11.9. The van der Waals surface area contributed by atoms with Crippen molar-refractivity contribution in [3.05, 3.63) is 0 Å². The van der Waals surface area contributed by atoms with Crippen LogP contribution in [-0.2, 0) is 4.79 Å². The maximum atomic E-state index is 11.2. The van der Waals surface area contributed by atoms with E-state index in [9.17, 15) is 9.90 Å². The molecule has 4 atom stereocenters. The second-order valence-electron chi connectivity index (χ2n) is 6.05. The molecule has 0 bridgehead atoms. The van der Waals surface area contributed by atoms with Crippen molar-refractivity contribution in [2.24, 2.45) is 23.2 Å². The molecule has 4 unspecified atom stereocenters. The highest BCUT2D eigenvalue weighted by atomic mass is 32.2. The lowest BCUT2D eigenvalue weighted by molar-refractivity contribution is -0.146. The van der Waals surface area contributed by atoms with Crippen LogP contribution < -0.4 is 0 Å². The van der Waals surface area contributed by atoms with Crippen molar-refractivity contribution in [2.45, 2.75) is 45.3 Å². The van der Waals surface area contributed by atoms with Gasteiger partial charge >= 0.3 is 5.97 Å². The van der Waals surface area contributed by atoms with Crippen LogP contribution in [0.2, 0.25) is 0 Å². The quantitative estimate of drug-likeness (QED) is 0.767. The molecule has 0 amide bonds. The first kappa shape index (κ1) is 12.3. The van der Waals surface area contributed by atoms with Crippen LogP contribution in [-0.4, -0.2) is 22.1 Å².